The van der Waals surface area contributed by atoms with E-state index in [9.17, 15) is 4.39 Å². The smallest absolute Gasteiger partial charge is 0.141 e. The van der Waals surface area contributed by atoms with Crippen LogP contribution in [0.4, 0.5) is 4.39 Å². The second kappa shape index (κ2) is 4.92. The van der Waals surface area contributed by atoms with Gasteiger partial charge < -0.3 is 10.1 Å². The lowest BCUT2D eigenvalue weighted by molar-refractivity contribution is -0.0999. The molecule has 1 unspecified atom stereocenters. The number of benzene rings is 1. The zero-order valence-corrected chi connectivity index (χ0v) is 10.9. The van der Waals surface area contributed by atoms with Gasteiger partial charge in [-0.25, -0.2) is 4.39 Å². The Morgan fingerprint density at radius 3 is 2.76 bits per heavy atom. The Hall–Kier alpha value is -0.640. The number of hydrogen-bond acceptors (Lipinski definition) is 2. The summed E-state index contributed by atoms with van der Waals surface area (Å²) in [5.74, 6) is -0.373. The van der Waals surface area contributed by atoms with Crippen LogP contribution in [0, 0.1) is 11.2 Å². The Morgan fingerprint density at radius 1 is 1.53 bits per heavy atom. The highest BCUT2D eigenvalue weighted by Crippen LogP contribution is 2.27. The summed E-state index contributed by atoms with van der Waals surface area (Å²) in [7, 11) is 0. The molecule has 1 saturated heterocycles. The third-order valence-corrected chi connectivity index (χ3v) is 3.47. The first-order valence-electron chi connectivity index (χ1n) is 5.76. The summed E-state index contributed by atoms with van der Waals surface area (Å²) in [6.45, 7) is 6.73. The molecule has 0 aromatic heterocycles. The molecule has 0 spiro atoms. The van der Waals surface area contributed by atoms with Gasteiger partial charge in [0.2, 0.25) is 0 Å². The average molecular weight is 258 g/mol. The SMILES string of the molecule is CC(NCC1(C)COC1)c1ccc(F)c(Cl)c1. The van der Waals surface area contributed by atoms with Crippen LogP contribution in [0.25, 0.3) is 0 Å². The Balaban J connectivity index is 1.94. The Kier molecular flexibility index (Phi) is 3.71. The number of nitrogens with one attached hydrogen (secondary N) is 1. The van der Waals surface area contributed by atoms with Crippen LogP contribution in [0.15, 0.2) is 18.2 Å². The highest BCUT2D eigenvalue weighted by molar-refractivity contribution is 6.30. The van der Waals surface area contributed by atoms with E-state index in [2.05, 4.69) is 12.2 Å². The van der Waals surface area contributed by atoms with Crippen LogP contribution in [0.1, 0.15) is 25.5 Å². The van der Waals surface area contributed by atoms with E-state index in [0.29, 0.717) is 0 Å². The molecule has 2 nitrogen and oxygen atoms in total. The molecule has 1 fully saturated rings. The molecule has 0 aliphatic carbocycles. The molecule has 1 aliphatic heterocycles. The Bertz CT molecular complexity index is 406. The maximum atomic E-state index is 13.0. The van der Waals surface area contributed by atoms with Gasteiger partial charge in [0.15, 0.2) is 0 Å². The third-order valence-electron chi connectivity index (χ3n) is 3.18. The second-order valence-electron chi connectivity index (χ2n) is 5.08. The van der Waals surface area contributed by atoms with E-state index < -0.39 is 0 Å². The maximum absolute atomic E-state index is 13.0. The normalized spacial score (nSPS) is 19.8. The molecule has 94 valence electrons. The zero-order chi connectivity index (χ0) is 12.5. The van der Waals surface area contributed by atoms with Crippen molar-refractivity contribution in [2.45, 2.75) is 19.9 Å². The minimum absolute atomic E-state index is 0.158. The van der Waals surface area contributed by atoms with Crippen LogP contribution < -0.4 is 5.32 Å². The molecular formula is C13H17ClFNO. The topological polar surface area (TPSA) is 21.3 Å². The standard InChI is InChI=1S/C13H17ClFNO/c1-9(16-6-13(2)7-17-8-13)10-3-4-12(15)11(14)5-10/h3-5,9,16H,6-8H2,1-2H3. The lowest BCUT2D eigenvalue weighted by Crippen LogP contribution is -2.47. The lowest BCUT2D eigenvalue weighted by atomic mass is 9.88. The molecule has 0 bridgehead atoms. The molecule has 4 heteroatoms. The predicted molar refractivity (Wildman–Crippen MR) is 66.8 cm³/mol. The first-order valence-corrected chi connectivity index (χ1v) is 6.14. The van der Waals surface area contributed by atoms with Gasteiger partial charge in [-0.1, -0.05) is 24.6 Å². The third kappa shape index (κ3) is 2.97. The fourth-order valence-electron chi connectivity index (χ4n) is 1.85. The molecule has 0 amide bonds. The van der Waals surface area contributed by atoms with Crippen LogP contribution in [-0.2, 0) is 4.74 Å². The summed E-state index contributed by atoms with van der Waals surface area (Å²) in [4.78, 5) is 0. The summed E-state index contributed by atoms with van der Waals surface area (Å²) < 4.78 is 18.2. The van der Waals surface area contributed by atoms with Crippen molar-refractivity contribution in [3.63, 3.8) is 0 Å². The first kappa shape index (κ1) is 12.8. The van der Waals surface area contributed by atoms with Crippen LogP contribution in [0.3, 0.4) is 0 Å². The van der Waals surface area contributed by atoms with E-state index in [1.165, 1.54) is 6.07 Å². The highest BCUT2D eigenvalue weighted by atomic mass is 35.5. The van der Waals surface area contributed by atoms with Gasteiger partial charge in [0.25, 0.3) is 0 Å². The van der Waals surface area contributed by atoms with Crippen molar-refractivity contribution in [1.82, 2.24) is 5.32 Å². The molecule has 1 aromatic rings. The summed E-state index contributed by atoms with van der Waals surface area (Å²) in [6, 6.07) is 5.00. The number of hydrogen-bond donors (Lipinski definition) is 1. The molecule has 1 aliphatic rings. The van der Waals surface area contributed by atoms with Gasteiger partial charge in [0.05, 0.1) is 18.2 Å². The van der Waals surface area contributed by atoms with Crippen LogP contribution >= 0.6 is 11.6 Å². The van der Waals surface area contributed by atoms with Gasteiger partial charge in [-0.05, 0) is 24.6 Å². The fraction of sp³-hybridized carbons (Fsp3) is 0.538. The van der Waals surface area contributed by atoms with Gasteiger partial charge in [0.1, 0.15) is 5.82 Å². The van der Waals surface area contributed by atoms with Crippen LogP contribution in [-0.4, -0.2) is 19.8 Å². The fourth-order valence-corrected chi connectivity index (χ4v) is 2.04. The summed E-state index contributed by atoms with van der Waals surface area (Å²) >= 11 is 5.76. The largest absolute Gasteiger partial charge is 0.380 e. The molecular weight excluding hydrogens is 241 g/mol. The van der Waals surface area contributed by atoms with Crippen molar-refractivity contribution in [2.24, 2.45) is 5.41 Å². The van der Waals surface area contributed by atoms with Gasteiger partial charge in [-0.15, -0.1) is 0 Å². The second-order valence-corrected chi connectivity index (χ2v) is 5.49. The van der Waals surface area contributed by atoms with Crippen molar-refractivity contribution < 1.29 is 9.13 Å². The highest BCUT2D eigenvalue weighted by Gasteiger charge is 2.33. The lowest BCUT2D eigenvalue weighted by Gasteiger charge is -2.39. The van der Waals surface area contributed by atoms with Gasteiger partial charge in [0, 0.05) is 18.0 Å². The summed E-state index contributed by atoms with van der Waals surface area (Å²) in [5, 5.41) is 3.60. The van der Waals surface area contributed by atoms with E-state index in [0.717, 1.165) is 25.3 Å². The van der Waals surface area contributed by atoms with E-state index in [4.69, 9.17) is 16.3 Å². The maximum Gasteiger partial charge on any atom is 0.141 e. The average Bonchev–Trinajstić information content (AvgIpc) is 2.27. The first-order chi connectivity index (χ1) is 8.00. The summed E-state index contributed by atoms with van der Waals surface area (Å²) in [6.07, 6.45) is 0. The Labute approximate surface area is 106 Å². The monoisotopic (exact) mass is 257 g/mol. The van der Waals surface area contributed by atoms with Gasteiger partial charge >= 0.3 is 0 Å². The van der Waals surface area contributed by atoms with E-state index in [1.807, 2.05) is 6.92 Å². The van der Waals surface area contributed by atoms with Crippen molar-refractivity contribution in [3.8, 4) is 0 Å². The molecule has 1 N–H and O–H groups in total. The Morgan fingerprint density at radius 2 is 2.24 bits per heavy atom. The van der Waals surface area contributed by atoms with Gasteiger partial charge in [-0.3, -0.25) is 0 Å². The minimum atomic E-state index is -0.373. The molecule has 1 heterocycles. The van der Waals surface area contributed by atoms with E-state index in [1.54, 1.807) is 12.1 Å². The van der Waals surface area contributed by atoms with Crippen molar-refractivity contribution in [3.05, 3.63) is 34.6 Å². The molecule has 1 aromatic carbocycles. The van der Waals surface area contributed by atoms with Crippen LogP contribution in [0.2, 0.25) is 5.02 Å². The number of halogens is 2. The molecule has 1 atom stereocenters. The van der Waals surface area contributed by atoms with Crippen molar-refractivity contribution in [1.29, 1.82) is 0 Å². The predicted octanol–water partition coefficient (Wildman–Crippen LogP) is 3.17. The zero-order valence-electron chi connectivity index (χ0n) is 10.1. The van der Waals surface area contributed by atoms with Gasteiger partial charge in [-0.2, -0.15) is 0 Å². The molecule has 0 radical (unpaired) electrons. The number of rotatable bonds is 4. The van der Waals surface area contributed by atoms with Crippen molar-refractivity contribution >= 4 is 11.6 Å². The van der Waals surface area contributed by atoms with E-state index >= 15 is 0 Å². The number of ether oxygens (including phenoxy) is 1. The summed E-state index contributed by atoms with van der Waals surface area (Å²) in [5.41, 5.74) is 1.23. The quantitative estimate of drug-likeness (QED) is 0.895. The molecule has 17 heavy (non-hydrogen) atoms. The molecule has 0 saturated carbocycles. The van der Waals surface area contributed by atoms with E-state index in [-0.39, 0.29) is 22.3 Å². The van der Waals surface area contributed by atoms with Crippen molar-refractivity contribution in [2.75, 3.05) is 19.8 Å². The minimum Gasteiger partial charge on any atom is -0.380 e. The molecule has 2 rings (SSSR count). The van der Waals surface area contributed by atoms with Crippen LogP contribution in [0.5, 0.6) is 0 Å².